The first-order valence-electron chi connectivity index (χ1n) is 3.99. The highest BCUT2D eigenvalue weighted by atomic mass is 35.5. The van der Waals surface area contributed by atoms with Crippen LogP contribution in [-0.2, 0) is 4.79 Å². The van der Waals surface area contributed by atoms with Crippen LogP contribution in [0.2, 0.25) is 0 Å². The fourth-order valence-corrected chi connectivity index (χ4v) is 1.26. The van der Waals surface area contributed by atoms with Crippen LogP contribution in [0.15, 0.2) is 24.3 Å². The van der Waals surface area contributed by atoms with E-state index in [0.29, 0.717) is 0 Å². The molecule has 0 aliphatic carbocycles. The van der Waals surface area contributed by atoms with Gasteiger partial charge >= 0.3 is 6.36 Å². The number of carbonyl (C=O) groups excluding carboxylic acids is 1. The Kier molecular flexibility index (Phi) is 4.04. The number of ether oxygens (including phenoxy) is 1. The van der Waals surface area contributed by atoms with E-state index >= 15 is 0 Å². The molecular weight excluding hydrogens is 268 g/mol. The van der Waals surface area contributed by atoms with Gasteiger partial charge in [0.25, 0.3) is 0 Å². The maximum Gasteiger partial charge on any atom is 0.573 e. The average molecular weight is 273 g/mol. The van der Waals surface area contributed by atoms with Gasteiger partial charge in [-0.15, -0.1) is 24.8 Å². The van der Waals surface area contributed by atoms with Crippen LogP contribution >= 0.6 is 23.2 Å². The number of benzene rings is 1. The molecule has 0 N–H and O–H groups in total. The van der Waals surface area contributed by atoms with E-state index in [1.54, 1.807) is 0 Å². The van der Waals surface area contributed by atoms with E-state index in [1.165, 1.54) is 12.1 Å². The summed E-state index contributed by atoms with van der Waals surface area (Å²) >= 11 is 10.7. The molecule has 0 bridgehead atoms. The predicted octanol–water partition coefficient (Wildman–Crippen LogP) is 3.63. The van der Waals surface area contributed by atoms with Crippen molar-refractivity contribution in [3.63, 3.8) is 0 Å². The molecular formula is C9H5Cl2F3O2. The summed E-state index contributed by atoms with van der Waals surface area (Å²) in [7, 11) is 0. The molecule has 1 aromatic carbocycles. The van der Waals surface area contributed by atoms with Crippen molar-refractivity contribution in [2.75, 3.05) is 0 Å². The minimum atomic E-state index is -4.79. The third kappa shape index (κ3) is 3.90. The normalized spacial score (nSPS) is 13.3. The number of halogens is 5. The molecule has 1 unspecified atom stereocenters. The van der Waals surface area contributed by atoms with Crippen molar-refractivity contribution in [3.8, 4) is 5.75 Å². The summed E-state index contributed by atoms with van der Waals surface area (Å²) in [6, 6.07) is 4.76. The van der Waals surface area contributed by atoms with Crippen LogP contribution in [0.4, 0.5) is 13.2 Å². The Morgan fingerprint density at radius 3 is 2.50 bits per heavy atom. The first kappa shape index (κ1) is 13.1. The van der Waals surface area contributed by atoms with Gasteiger partial charge in [-0.3, -0.25) is 4.79 Å². The van der Waals surface area contributed by atoms with E-state index in [9.17, 15) is 18.0 Å². The molecule has 0 aliphatic heterocycles. The second kappa shape index (κ2) is 4.93. The molecule has 0 aromatic heterocycles. The predicted molar refractivity (Wildman–Crippen MR) is 52.6 cm³/mol. The van der Waals surface area contributed by atoms with Crippen molar-refractivity contribution in [1.82, 2.24) is 0 Å². The number of rotatable bonds is 3. The van der Waals surface area contributed by atoms with Gasteiger partial charge in [-0.2, -0.15) is 0 Å². The van der Waals surface area contributed by atoms with Gasteiger partial charge in [-0.05, 0) is 29.3 Å². The van der Waals surface area contributed by atoms with Crippen molar-refractivity contribution >= 4 is 28.4 Å². The van der Waals surface area contributed by atoms with E-state index < -0.39 is 22.7 Å². The van der Waals surface area contributed by atoms with Crippen molar-refractivity contribution < 1.29 is 22.7 Å². The molecule has 0 saturated heterocycles. The molecule has 1 atom stereocenters. The lowest BCUT2D eigenvalue weighted by atomic mass is 10.1. The monoisotopic (exact) mass is 272 g/mol. The standard InChI is InChI=1S/C9H5Cl2F3O2/c10-7(8(11)15)5-2-1-3-6(4-5)16-9(12,13)14/h1-4,7H. The van der Waals surface area contributed by atoms with Crippen LogP contribution in [-0.4, -0.2) is 11.6 Å². The highest BCUT2D eigenvalue weighted by Gasteiger charge is 2.31. The number of alkyl halides is 4. The molecule has 1 rings (SSSR count). The SMILES string of the molecule is O=C(Cl)C(Cl)c1cccc(OC(F)(F)F)c1. The quantitative estimate of drug-likeness (QED) is 0.621. The van der Waals surface area contributed by atoms with E-state index in [-0.39, 0.29) is 5.56 Å². The molecule has 0 radical (unpaired) electrons. The molecule has 0 spiro atoms. The zero-order chi connectivity index (χ0) is 12.3. The summed E-state index contributed by atoms with van der Waals surface area (Å²) in [6.45, 7) is 0. The molecule has 16 heavy (non-hydrogen) atoms. The highest BCUT2D eigenvalue weighted by Crippen LogP contribution is 2.29. The number of hydrogen-bond donors (Lipinski definition) is 0. The van der Waals surface area contributed by atoms with E-state index in [2.05, 4.69) is 4.74 Å². The number of hydrogen-bond acceptors (Lipinski definition) is 2. The van der Waals surface area contributed by atoms with Crippen LogP contribution in [0.25, 0.3) is 0 Å². The van der Waals surface area contributed by atoms with Gasteiger partial charge < -0.3 is 4.74 Å². The third-order valence-corrected chi connectivity index (χ3v) is 2.36. The van der Waals surface area contributed by atoms with Crippen LogP contribution in [0.3, 0.4) is 0 Å². The van der Waals surface area contributed by atoms with Crippen LogP contribution in [0.5, 0.6) is 5.75 Å². The van der Waals surface area contributed by atoms with Crippen molar-refractivity contribution in [2.24, 2.45) is 0 Å². The fourth-order valence-electron chi connectivity index (χ4n) is 1.00. The van der Waals surface area contributed by atoms with E-state index in [4.69, 9.17) is 23.2 Å². The molecule has 0 saturated carbocycles. The van der Waals surface area contributed by atoms with Gasteiger partial charge in [0.15, 0.2) is 0 Å². The van der Waals surface area contributed by atoms with Crippen LogP contribution in [0.1, 0.15) is 10.9 Å². The van der Waals surface area contributed by atoms with Gasteiger partial charge in [-0.25, -0.2) is 0 Å². The molecule has 0 heterocycles. The average Bonchev–Trinajstić information content (AvgIpc) is 2.14. The molecule has 0 amide bonds. The van der Waals surface area contributed by atoms with Gasteiger partial charge in [0.1, 0.15) is 11.1 Å². The minimum Gasteiger partial charge on any atom is -0.406 e. The van der Waals surface area contributed by atoms with Crippen molar-refractivity contribution in [2.45, 2.75) is 11.7 Å². The second-order valence-electron chi connectivity index (χ2n) is 2.79. The third-order valence-electron chi connectivity index (χ3n) is 1.58. The van der Waals surface area contributed by atoms with E-state index in [1.807, 2.05) is 0 Å². The topological polar surface area (TPSA) is 26.3 Å². The summed E-state index contributed by atoms with van der Waals surface area (Å²) in [6.07, 6.45) is -4.79. The summed E-state index contributed by atoms with van der Waals surface area (Å²) in [5, 5.41) is -2.07. The molecule has 1 aromatic rings. The molecule has 0 fully saturated rings. The van der Waals surface area contributed by atoms with Gasteiger partial charge in [0, 0.05) is 0 Å². The zero-order valence-electron chi connectivity index (χ0n) is 7.59. The molecule has 88 valence electrons. The summed E-state index contributed by atoms with van der Waals surface area (Å²) in [5.41, 5.74) is 0.142. The largest absolute Gasteiger partial charge is 0.573 e. The van der Waals surface area contributed by atoms with Crippen LogP contribution in [0, 0.1) is 0 Å². The lowest BCUT2D eigenvalue weighted by Gasteiger charge is -2.10. The summed E-state index contributed by atoms with van der Waals surface area (Å²) in [5.74, 6) is -0.450. The first-order valence-corrected chi connectivity index (χ1v) is 4.80. The Bertz CT molecular complexity index is 393. The van der Waals surface area contributed by atoms with Crippen molar-refractivity contribution in [3.05, 3.63) is 29.8 Å². The lowest BCUT2D eigenvalue weighted by molar-refractivity contribution is -0.274. The van der Waals surface area contributed by atoms with Gasteiger partial charge in [0.05, 0.1) is 0 Å². The zero-order valence-corrected chi connectivity index (χ0v) is 9.10. The Labute approximate surface area is 98.9 Å². The maximum absolute atomic E-state index is 11.9. The molecule has 2 nitrogen and oxygen atoms in total. The Hall–Kier alpha value is -0.940. The van der Waals surface area contributed by atoms with E-state index in [0.717, 1.165) is 12.1 Å². The fraction of sp³-hybridized carbons (Fsp3) is 0.222. The molecule has 7 heteroatoms. The lowest BCUT2D eigenvalue weighted by Crippen LogP contribution is -2.17. The molecule has 0 aliphatic rings. The number of carbonyl (C=O) groups is 1. The van der Waals surface area contributed by atoms with Gasteiger partial charge in [0.2, 0.25) is 5.24 Å². The van der Waals surface area contributed by atoms with Crippen LogP contribution < -0.4 is 4.74 Å². The Morgan fingerprint density at radius 2 is 2.00 bits per heavy atom. The minimum absolute atomic E-state index is 0.142. The van der Waals surface area contributed by atoms with Crippen molar-refractivity contribution in [1.29, 1.82) is 0 Å². The smallest absolute Gasteiger partial charge is 0.406 e. The Balaban J connectivity index is 2.91. The summed E-state index contributed by atoms with van der Waals surface area (Å²) < 4.78 is 39.3. The Morgan fingerprint density at radius 1 is 1.38 bits per heavy atom. The highest BCUT2D eigenvalue weighted by molar-refractivity contribution is 6.68. The first-order chi connectivity index (χ1) is 7.29. The maximum atomic E-state index is 11.9. The van der Waals surface area contributed by atoms with Gasteiger partial charge in [-0.1, -0.05) is 12.1 Å². The summed E-state index contributed by atoms with van der Waals surface area (Å²) in [4.78, 5) is 10.7. The second-order valence-corrected chi connectivity index (χ2v) is 3.60.